The van der Waals surface area contributed by atoms with Crippen molar-refractivity contribution in [3.63, 3.8) is 0 Å². The van der Waals surface area contributed by atoms with E-state index in [0.717, 1.165) is 17.6 Å². The van der Waals surface area contributed by atoms with Crippen molar-refractivity contribution >= 4 is 6.09 Å². The average Bonchev–Trinajstić information content (AvgIpc) is 3.01. The summed E-state index contributed by atoms with van der Waals surface area (Å²) in [6.45, 7) is 5.52. The van der Waals surface area contributed by atoms with Gasteiger partial charge in [0.05, 0.1) is 6.61 Å². The topological polar surface area (TPSA) is 38.8 Å². The molecule has 0 N–H and O–H groups in total. The lowest BCUT2D eigenvalue weighted by Crippen LogP contribution is -2.37. The van der Waals surface area contributed by atoms with Gasteiger partial charge in [-0.2, -0.15) is 0 Å². The molecule has 0 aromatic heterocycles. The van der Waals surface area contributed by atoms with Gasteiger partial charge in [-0.15, -0.1) is 0 Å². The first-order valence-electron chi connectivity index (χ1n) is 6.52. The zero-order chi connectivity index (χ0) is 13.2. The Bertz CT molecular complexity index is 485. The van der Waals surface area contributed by atoms with E-state index in [1.807, 2.05) is 30.3 Å². The molecule has 0 saturated carbocycles. The van der Waals surface area contributed by atoms with Crippen LogP contribution in [0.15, 0.2) is 42.5 Å². The maximum Gasteiger partial charge on any atom is 0.412 e. The zero-order valence-electron chi connectivity index (χ0n) is 10.7. The molecule has 3 rings (SSSR count). The standard InChI is InChI=1S/C15H17NO3/c1-11-9-18-14-13(11)7-8-16(14)15(17)19-10-12-5-3-2-4-6-12/h2-6,13-14H,1,7-10H2/t13-,14+/m1/s1. The van der Waals surface area contributed by atoms with Gasteiger partial charge in [-0.05, 0) is 17.6 Å². The monoisotopic (exact) mass is 259 g/mol. The number of fused-ring (bicyclic) bond motifs is 1. The summed E-state index contributed by atoms with van der Waals surface area (Å²) < 4.78 is 10.9. The van der Waals surface area contributed by atoms with Crippen molar-refractivity contribution in [2.45, 2.75) is 19.3 Å². The summed E-state index contributed by atoms with van der Waals surface area (Å²) in [5.74, 6) is 0.282. The second-order valence-corrected chi connectivity index (χ2v) is 4.99. The van der Waals surface area contributed by atoms with E-state index < -0.39 is 0 Å². The number of hydrogen-bond acceptors (Lipinski definition) is 3. The average molecular weight is 259 g/mol. The molecule has 2 atom stereocenters. The molecule has 0 radical (unpaired) electrons. The molecule has 0 bridgehead atoms. The molecule has 1 aromatic carbocycles. The molecular formula is C15H17NO3. The number of carbonyl (C=O) groups is 1. The molecule has 4 heteroatoms. The predicted octanol–water partition coefficient (Wildman–Crippen LogP) is 2.56. The van der Waals surface area contributed by atoms with Gasteiger partial charge in [0.1, 0.15) is 12.8 Å². The van der Waals surface area contributed by atoms with Gasteiger partial charge in [-0.1, -0.05) is 36.9 Å². The molecule has 0 aliphatic carbocycles. The van der Waals surface area contributed by atoms with Crippen molar-refractivity contribution in [1.82, 2.24) is 4.90 Å². The van der Waals surface area contributed by atoms with Crippen molar-refractivity contribution in [2.24, 2.45) is 5.92 Å². The van der Waals surface area contributed by atoms with Gasteiger partial charge in [0.25, 0.3) is 0 Å². The zero-order valence-corrected chi connectivity index (χ0v) is 10.7. The molecule has 2 heterocycles. The summed E-state index contributed by atoms with van der Waals surface area (Å²) in [6.07, 6.45) is 0.450. The van der Waals surface area contributed by atoms with Gasteiger partial charge in [-0.25, -0.2) is 4.79 Å². The molecular weight excluding hydrogens is 242 g/mol. The van der Waals surface area contributed by atoms with Crippen LogP contribution in [0.2, 0.25) is 0 Å². The largest absolute Gasteiger partial charge is 0.444 e. The number of nitrogens with zero attached hydrogens (tertiary/aromatic N) is 1. The third-order valence-corrected chi connectivity index (χ3v) is 3.74. The Balaban J connectivity index is 1.58. The summed E-state index contributed by atoms with van der Waals surface area (Å²) in [6, 6.07) is 9.68. The summed E-state index contributed by atoms with van der Waals surface area (Å²) in [4.78, 5) is 13.7. The van der Waals surface area contributed by atoms with Crippen LogP contribution in [-0.2, 0) is 16.1 Å². The summed E-state index contributed by atoms with van der Waals surface area (Å²) in [5.41, 5.74) is 2.08. The summed E-state index contributed by atoms with van der Waals surface area (Å²) in [5, 5.41) is 0. The number of hydrogen-bond donors (Lipinski definition) is 0. The fraction of sp³-hybridized carbons (Fsp3) is 0.400. The Morgan fingerprint density at radius 3 is 3.00 bits per heavy atom. The van der Waals surface area contributed by atoms with Gasteiger partial charge in [0.15, 0.2) is 0 Å². The van der Waals surface area contributed by atoms with E-state index in [4.69, 9.17) is 9.47 Å². The van der Waals surface area contributed by atoms with Crippen LogP contribution in [-0.4, -0.2) is 30.4 Å². The normalized spacial score (nSPS) is 25.5. The lowest BCUT2D eigenvalue weighted by molar-refractivity contribution is -0.01000. The van der Waals surface area contributed by atoms with E-state index in [-0.39, 0.29) is 18.2 Å². The molecule has 2 fully saturated rings. The highest BCUT2D eigenvalue weighted by atomic mass is 16.6. The fourth-order valence-corrected chi connectivity index (χ4v) is 2.67. The number of benzene rings is 1. The molecule has 2 aliphatic heterocycles. The molecule has 2 saturated heterocycles. The predicted molar refractivity (Wildman–Crippen MR) is 70.3 cm³/mol. The highest BCUT2D eigenvalue weighted by Crippen LogP contribution is 2.36. The molecule has 19 heavy (non-hydrogen) atoms. The van der Waals surface area contributed by atoms with E-state index in [1.165, 1.54) is 0 Å². The number of carbonyl (C=O) groups excluding carboxylic acids is 1. The maximum absolute atomic E-state index is 12.1. The van der Waals surface area contributed by atoms with Crippen LogP contribution >= 0.6 is 0 Å². The Hall–Kier alpha value is -1.81. The van der Waals surface area contributed by atoms with Crippen LogP contribution < -0.4 is 0 Å². The van der Waals surface area contributed by atoms with Crippen molar-refractivity contribution in [3.8, 4) is 0 Å². The lowest BCUT2D eigenvalue weighted by Gasteiger charge is -2.22. The van der Waals surface area contributed by atoms with Crippen molar-refractivity contribution in [3.05, 3.63) is 48.0 Å². The van der Waals surface area contributed by atoms with Crippen LogP contribution in [0, 0.1) is 5.92 Å². The number of ether oxygens (including phenoxy) is 2. The lowest BCUT2D eigenvalue weighted by atomic mass is 10.0. The molecule has 0 spiro atoms. The van der Waals surface area contributed by atoms with Crippen LogP contribution in [0.3, 0.4) is 0 Å². The Kier molecular flexibility index (Phi) is 3.25. The van der Waals surface area contributed by atoms with Crippen molar-refractivity contribution in [2.75, 3.05) is 13.2 Å². The van der Waals surface area contributed by atoms with Gasteiger partial charge in [0.2, 0.25) is 0 Å². The van der Waals surface area contributed by atoms with E-state index in [1.54, 1.807) is 4.90 Å². The number of rotatable bonds is 2. The van der Waals surface area contributed by atoms with Crippen LogP contribution in [0.5, 0.6) is 0 Å². The van der Waals surface area contributed by atoms with E-state index >= 15 is 0 Å². The SMILES string of the molecule is C=C1CO[C@H]2[C@@H]1CCN2C(=O)OCc1ccccc1. The highest BCUT2D eigenvalue weighted by Gasteiger charge is 2.43. The van der Waals surface area contributed by atoms with Gasteiger partial charge in [-0.3, -0.25) is 4.90 Å². The first-order valence-corrected chi connectivity index (χ1v) is 6.52. The first-order chi connectivity index (χ1) is 9.25. The number of likely N-dealkylation sites (tertiary alicyclic amines) is 1. The summed E-state index contributed by atoms with van der Waals surface area (Å²) in [7, 11) is 0. The van der Waals surface area contributed by atoms with Gasteiger partial charge >= 0.3 is 6.09 Å². The Morgan fingerprint density at radius 2 is 2.21 bits per heavy atom. The third-order valence-electron chi connectivity index (χ3n) is 3.74. The summed E-state index contributed by atoms with van der Waals surface area (Å²) >= 11 is 0. The second kappa shape index (κ2) is 5.05. The fourth-order valence-electron chi connectivity index (χ4n) is 2.67. The first kappa shape index (κ1) is 12.2. The second-order valence-electron chi connectivity index (χ2n) is 4.99. The molecule has 100 valence electrons. The Labute approximate surface area is 112 Å². The molecule has 1 amide bonds. The van der Waals surface area contributed by atoms with Crippen LogP contribution in [0.1, 0.15) is 12.0 Å². The minimum Gasteiger partial charge on any atom is -0.444 e. The van der Waals surface area contributed by atoms with E-state index in [9.17, 15) is 4.79 Å². The smallest absolute Gasteiger partial charge is 0.412 e. The molecule has 2 aliphatic rings. The quantitative estimate of drug-likeness (QED) is 0.766. The minimum atomic E-state index is -0.300. The van der Waals surface area contributed by atoms with Crippen LogP contribution in [0.4, 0.5) is 4.79 Å². The molecule has 1 aromatic rings. The highest BCUT2D eigenvalue weighted by molar-refractivity contribution is 5.68. The van der Waals surface area contributed by atoms with E-state index in [0.29, 0.717) is 19.8 Å². The Morgan fingerprint density at radius 1 is 1.42 bits per heavy atom. The van der Waals surface area contributed by atoms with Crippen molar-refractivity contribution in [1.29, 1.82) is 0 Å². The van der Waals surface area contributed by atoms with Crippen molar-refractivity contribution < 1.29 is 14.3 Å². The molecule has 0 unspecified atom stereocenters. The van der Waals surface area contributed by atoms with Crippen LogP contribution in [0.25, 0.3) is 0 Å². The minimum absolute atomic E-state index is 0.171. The maximum atomic E-state index is 12.1. The molecule has 4 nitrogen and oxygen atoms in total. The van der Waals surface area contributed by atoms with E-state index in [2.05, 4.69) is 6.58 Å². The number of amides is 1. The van der Waals surface area contributed by atoms with Gasteiger partial charge < -0.3 is 9.47 Å². The third kappa shape index (κ3) is 2.36. The van der Waals surface area contributed by atoms with Gasteiger partial charge in [0, 0.05) is 12.5 Å².